The smallest absolute Gasteiger partial charge is 0.332 e. The first-order valence-corrected chi connectivity index (χ1v) is 8.11. The van der Waals surface area contributed by atoms with Crippen LogP contribution in [0.15, 0.2) is 65.7 Å². The van der Waals surface area contributed by atoms with Crippen molar-refractivity contribution in [2.75, 3.05) is 12.2 Å². The van der Waals surface area contributed by atoms with E-state index in [0.717, 1.165) is 16.2 Å². The lowest BCUT2D eigenvalue weighted by Crippen LogP contribution is -2.31. The summed E-state index contributed by atoms with van der Waals surface area (Å²) < 4.78 is 0. The van der Waals surface area contributed by atoms with Gasteiger partial charge in [0.05, 0.1) is 12.8 Å². The van der Waals surface area contributed by atoms with Gasteiger partial charge in [0.1, 0.15) is 0 Å². The summed E-state index contributed by atoms with van der Waals surface area (Å²) in [6.45, 7) is 0. The average molecular weight is 337 g/mol. The first kappa shape index (κ1) is 16.9. The molecule has 3 rings (SSSR count). The van der Waals surface area contributed by atoms with Crippen LogP contribution in [0.4, 0.5) is 5.69 Å². The van der Waals surface area contributed by atoms with Crippen LogP contribution in [0.25, 0.3) is 11.1 Å². The Bertz CT molecular complexity index is 809. The fourth-order valence-corrected chi connectivity index (χ4v) is 3.06. The number of anilines is 1. The molecule has 0 saturated heterocycles. The Balaban J connectivity index is 1.87. The van der Waals surface area contributed by atoms with Crippen molar-refractivity contribution in [2.45, 2.75) is 19.3 Å². The van der Waals surface area contributed by atoms with E-state index in [4.69, 9.17) is 4.84 Å². The van der Waals surface area contributed by atoms with Gasteiger partial charge in [0, 0.05) is 11.1 Å². The highest BCUT2D eigenvalue weighted by atomic mass is 16.7. The Morgan fingerprint density at radius 1 is 0.920 bits per heavy atom. The summed E-state index contributed by atoms with van der Waals surface area (Å²) in [6, 6.07) is 17.3. The van der Waals surface area contributed by atoms with Crippen molar-refractivity contribution in [3.8, 4) is 11.1 Å². The summed E-state index contributed by atoms with van der Waals surface area (Å²) in [5.74, 6) is -1.44. The van der Waals surface area contributed by atoms with Gasteiger partial charge in [0.25, 0.3) is 5.91 Å². The van der Waals surface area contributed by atoms with Crippen LogP contribution in [0.3, 0.4) is 0 Å². The topological polar surface area (TPSA) is 66.8 Å². The van der Waals surface area contributed by atoms with E-state index in [1.165, 1.54) is 7.11 Å². The fourth-order valence-electron chi connectivity index (χ4n) is 3.06. The maximum atomic E-state index is 12.7. The third kappa shape index (κ3) is 3.46. The highest BCUT2D eigenvalue weighted by Gasteiger charge is 2.29. The second-order valence-corrected chi connectivity index (χ2v) is 5.81. The molecule has 0 aromatic heterocycles. The molecular weight excluding hydrogens is 318 g/mol. The summed E-state index contributed by atoms with van der Waals surface area (Å²) >= 11 is 0. The number of carbonyl (C=O) groups is 2. The Morgan fingerprint density at radius 3 is 2.12 bits per heavy atom. The predicted molar refractivity (Wildman–Crippen MR) is 94.9 cm³/mol. The number of rotatable bonds is 5. The van der Waals surface area contributed by atoms with E-state index in [1.807, 2.05) is 42.5 Å². The van der Waals surface area contributed by atoms with Gasteiger partial charge in [-0.3, -0.25) is 9.63 Å². The van der Waals surface area contributed by atoms with Crippen LogP contribution < -0.4 is 5.06 Å². The zero-order valence-corrected chi connectivity index (χ0v) is 13.9. The highest BCUT2D eigenvalue weighted by Crippen LogP contribution is 2.30. The van der Waals surface area contributed by atoms with Crippen LogP contribution in [-0.4, -0.2) is 24.1 Å². The quantitative estimate of drug-likeness (QED) is 0.843. The molecule has 2 aromatic rings. The van der Waals surface area contributed by atoms with Gasteiger partial charge in [0.2, 0.25) is 0 Å². The third-order valence-corrected chi connectivity index (χ3v) is 4.31. The molecule has 0 aliphatic heterocycles. The molecule has 5 nitrogen and oxygen atoms in total. The molecular formula is C20H19NO4. The molecule has 0 atom stereocenters. The van der Waals surface area contributed by atoms with Crippen molar-refractivity contribution < 1.29 is 19.5 Å². The van der Waals surface area contributed by atoms with Gasteiger partial charge in [-0.05, 0) is 42.5 Å². The molecule has 1 aliphatic rings. The molecule has 1 N–H and O–H groups in total. The fraction of sp³-hybridized carbons (Fsp3) is 0.200. The van der Waals surface area contributed by atoms with E-state index in [-0.39, 0.29) is 5.57 Å². The number of aliphatic carboxylic acids is 1. The van der Waals surface area contributed by atoms with Crippen LogP contribution >= 0.6 is 0 Å². The highest BCUT2D eigenvalue weighted by molar-refractivity contribution is 6.09. The molecule has 0 spiro atoms. The van der Waals surface area contributed by atoms with Gasteiger partial charge < -0.3 is 5.11 Å². The summed E-state index contributed by atoms with van der Waals surface area (Å²) in [7, 11) is 1.40. The lowest BCUT2D eigenvalue weighted by Gasteiger charge is -2.21. The molecule has 128 valence electrons. The molecule has 0 fully saturated rings. The van der Waals surface area contributed by atoms with Gasteiger partial charge in [-0.2, -0.15) is 5.06 Å². The second-order valence-electron chi connectivity index (χ2n) is 5.81. The Kier molecular flexibility index (Phi) is 4.95. The molecule has 5 heteroatoms. The number of carboxylic acid groups (broad SMARTS) is 1. The van der Waals surface area contributed by atoms with Crippen LogP contribution in [-0.2, 0) is 14.4 Å². The first-order valence-electron chi connectivity index (χ1n) is 8.11. The molecule has 2 aromatic carbocycles. The Labute approximate surface area is 146 Å². The van der Waals surface area contributed by atoms with Crippen molar-refractivity contribution in [3.05, 3.63) is 65.7 Å². The van der Waals surface area contributed by atoms with Crippen LogP contribution in [0, 0.1) is 0 Å². The number of amides is 1. The van der Waals surface area contributed by atoms with Gasteiger partial charge in [-0.15, -0.1) is 0 Å². The third-order valence-electron chi connectivity index (χ3n) is 4.31. The summed E-state index contributed by atoms with van der Waals surface area (Å²) in [6.07, 6.45) is 1.55. The maximum Gasteiger partial charge on any atom is 0.332 e. The van der Waals surface area contributed by atoms with Crippen molar-refractivity contribution in [3.63, 3.8) is 0 Å². The number of hydrogen-bond donors (Lipinski definition) is 1. The van der Waals surface area contributed by atoms with E-state index < -0.39 is 11.9 Å². The van der Waals surface area contributed by atoms with Crippen LogP contribution in [0.5, 0.6) is 0 Å². The molecule has 0 bridgehead atoms. The molecule has 25 heavy (non-hydrogen) atoms. The first-order chi connectivity index (χ1) is 12.1. The molecule has 0 unspecified atom stereocenters. The largest absolute Gasteiger partial charge is 0.478 e. The van der Waals surface area contributed by atoms with Gasteiger partial charge in [-0.1, -0.05) is 42.5 Å². The number of benzene rings is 2. The zero-order chi connectivity index (χ0) is 17.8. The minimum atomic E-state index is -1.03. The molecule has 0 saturated carbocycles. The zero-order valence-electron chi connectivity index (χ0n) is 13.9. The minimum absolute atomic E-state index is 0.188. The van der Waals surface area contributed by atoms with E-state index in [2.05, 4.69) is 0 Å². The SMILES string of the molecule is CON(C(=O)C1=C(C(=O)O)CCC1)c1ccc(-c2ccccc2)cc1. The molecule has 0 heterocycles. The van der Waals surface area contributed by atoms with Gasteiger partial charge >= 0.3 is 5.97 Å². The number of hydroxylamine groups is 1. The minimum Gasteiger partial charge on any atom is -0.478 e. The van der Waals surface area contributed by atoms with E-state index in [9.17, 15) is 14.7 Å². The Hall–Kier alpha value is -2.92. The average Bonchev–Trinajstić information content (AvgIpc) is 3.14. The van der Waals surface area contributed by atoms with E-state index in [0.29, 0.717) is 30.5 Å². The van der Waals surface area contributed by atoms with Crippen molar-refractivity contribution in [2.24, 2.45) is 0 Å². The lowest BCUT2D eigenvalue weighted by atomic mass is 10.1. The molecule has 0 radical (unpaired) electrons. The predicted octanol–water partition coefficient (Wildman–Crippen LogP) is 3.81. The number of hydrogen-bond acceptors (Lipinski definition) is 3. The van der Waals surface area contributed by atoms with E-state index in [1.54, 1.807) is 12.1 Å². The standard InChI is InChI=1S/C20H19NO4/c1-25-21(19(22)17-8-5-9-18(17)20(23)24)16-12-10-15(11-13-16)14-6-3-2-4-7-14/h2-4,6-7,10-13H,5,8-9H2,1H3,(H,23,24). The molecule has 1 amide bonds. The van der Waals surface area contributed by atoms with Crippen molar-refractivity contribution in [1.29, 1.82) is 0 Å². The summed E-state index contributed by atoms with van der Waals surface area (Å²) in [4.78, 5) is 29.3. The second kappa shape index (κ2) is 7.32. The van der Waals surface area contributed by atoms with Crippen LogP contribution in [0.1, 0.15) is 19.3 Å². The number of carbonyl (C=O) groups excluding carboxylic acids is 1. The lowest BCUT2D eigenvalue weighted by molar-refractivity contribution is -0.133. The maximum absolute atomic E-state index is 12.7. The number of carboxylic acids is 1. The number of nitrogens with zero attached hydrogens (tertiary/aromatic N) is 1. The summed E-state index contributed by atoms with van der Waals surface area (Å²) in [5.41, 5.74) is 3.18. The monoisotopic (exact) mass is 337 g/mol. The molecule has 1 aliphatic carbocycles. The van der Waals surface area contributed by atoms with Crippen LogP contribution in [0.2, 0.25) is 0 Å². The summed E-state index contributed by atoms with van der Waals surface area (Å²) in [5, 5.41) is 10.4. The van der Waals surface area contributed by atoms with Gasteiger partial charge in [0.15, 0.2) is 0 Å². The van der Waals surface area contributed by atoms with Crippen molar-refractivity contribution >= 4 is 17.6 Å². The Morgan fingerprint density at radius 2 is 1.52 bits per heavy atom. The van der Waals surface area contributed by atoms with Gasteiger partial charge in [-0.25, -0.2) is 4.79 Å². The van der Waals surface area contributed by atoms with Crippen molar-refractivity contribution in [1.82, 2.24) is 0 Å². The van der Waals surface area contributed by atoms with E-state index >= 15 is 0 Å². The normalized spacial score (nSPS) is 13.8.